The van der Waals surface area contributed by atoms with Gasteiger partial charge in [0.15, 0.2) is 0 Å². The summed E-state index contributed by atoms with van der Waals surface area (Å²) in [5.41, 5.74) is 1.78. The zero-order chi connectivity index (χ0) is 16.6. The van der Waals surface area contributed by atoms with Gasteiger partial charge in [-0.05, 0) is 42.0 Å². The van der Waals surface area contributed by atoms with E-state index < -0.39 is 12.0 Å². The van der Waals surface area contributed by atoms with E-state index in [0.717, 1.165) is 5.56 Å². The van der Waals surface area contributed by atoms with Crippen LogP contribution in [0.15, 0.2) is 29.5 Å². The van der Waals surface area contributed by atoms with Gasteiger partial charge in [0.25, 0.3) is 0 Å². The zero-order valence-corrected chi connectivity index (χ0v) is 13.9. The Bertz CT molecular complexity index is 802. The normalized spacial score (nSPS) is 16.8. The molecule has 120 valence electrons. The van der Waals surface area contributed by atoms with Crippen LogP contribution in [0.2, 0.25) is 10.0 Å². The van der Waals surface area contributed by atoms with Gasteiger partial charge in [-0.15, -0.1) is 0 Å². The average molecular weight is 354 g/mol. The second-order valence-corrected chi connectivity index (χ2v) is 5.72. The molecule has 0 saturated carbocycles. The highest BCUT2D eigenvalue weighted by molar-refractivity contribution is 6.42. The lowest BCUT2D eigenvalue weighted by Gasteiger charge is -2.27. The molecule has 2 heterocycles. The van der Waals surface area contributed by atoms with E-state index in [0.29, 0.717) is 27.3 Å². The molecule has 1 aromatic heterocycles. The van der Waals surface area contributed by atoms with E-state index in [4.69, 9.17) is 27.9 Å². The van der Waals surface area contributed by atoms with Gasteiger partial charge in [0, 0.05) is 5.70 Å². The first kappa shape index (κ1) is 15.8. The van der Waals surface area contributed by atoms with Crippen LogP contribution in [-0.2, 0) is 9.53 Å². The predicted octanol–water partition coefficient (Wildman–Crippen LogP) is 2.83. The Labute approximate surface area is 142 Å². The summed E-state index contributed by atoms with van der Waals surface area (Å²) in [4.78, 5) is 12.4. The zero-order valence-electron chi connectivity index (χ0n) is 12.4. The summed E-state index contributed by atoms with van der Waals surface area (Å²) in [6.07, 6.45) is 0. The number of aromatic nitrogens is 4. The summed E-state index contributed by atoms with van der Waals surface area (Å²) >= 11 is 12.1. The number of ether oxygens (including phenoxy) is 1. The minimum atomic E-state index is -0.546. The molecule has 0 spiro atoms. The maximum Gasteiger partial charge on any atom is 0.338 e. The summed E-state index contributed by atoms with van der Waals surface area (Å²) in [7, 11) is 0. The maximum atomic E-state index is 12.4. The summed E-state index contributed by atoms with van der Waals surface area (Å²) in [5.74, 6) is 0.00124. The van der Waals surface area contributed by atoms with Gasteiger partial charge in [-0.25, -0.2) is 4.79 Å². The van der Waals surface area contributed by atoms with Crippen molar-refractivity contribution in [3.8, 4) is 0 Å². The standard InChI is InChI=1S/C14H13Cl2N5O2/c1-3-23-13(22)11-7(2)17-14-18-19-20-21(14)12(11)8-4-5-9(15)10(16)6-8/h4-6,12H,3H2,1-2H3,(H,17,18,20). The van der Waals surface area contributed by atoms with Gasteiger partial charge in [0.05, 0.1) is 22.2 Å². The van der Waals surface area contributed by atoms with Crippen LogP contribution in [0.25, 0.3) is 0 Å². The topological polar surface area (TPSA) is 81.9 Å². The SMILES string of the molecule is CCOC(=O)C1=C(C)Nc2nnnn2C1c1ccc(Cl)c(Cl)c1. The molecule has 1 N–H and O–H groups in total. The van der Waals surface area contributed by atoms with E-state index in [1.807, 2.05) is 0 Å². The van der Waals surface area contributed by atoms with Crippen LogP contribution in [0.5, 0.6) is 0 Å². The number of tetrazole rings is 1. The lowest BCUT2D eigenvalue weighted by Crippen LogP contribution is -2.29. The quantitative estimate of drug-likeness (QED) is 0.854. The monoisotopic (exact) mass is 353 g/mol. The third kappa shape index (κ3) is 2.77. The van der Waals surface area contributed by atoms with Crippen LogP contribution in [0.1, 0.15) is 25.5 Å². The third-order valence-electron chi connectivity index (χ3n) is 3.47. The van der Waals surface area contributed by atoms with Crippen LogP contribution >= 0.6 is 23.2 Å². The molecule has 0 saturated heterocycles. The molecule has 1 aliphatic heterocycles. The number of nitrogens with one attached hydrogen (secondary N) is 1. The Balaban J connectivity index is 2.16. The molecule has 0 fully saturated rings. The van der Waals surface area contributed by atoms with E-state index in [2.05, 4.69) is 20.8 Å². The van der Waals surface area contributed by atoms with Crippen LogP contribution in [-0.4, -0.2) is 32.8 Å². The van der Waals surface area contributed by atoms with Gasteiger partial charge in [0.1, 0.15) is 6.04 Å². The molecular formula is C14H13Cl2N5O2. The first-order valence-electron chi connectivity index (χ1n) is 6.90. The molecule has 9 heteroatoms. The number of benzene rings is 1. The van der Waals surface area contributed by atoms with Crippen LogP contribution in [0, 0.1) is 0 Å². The van der Waals surface area contributed by atoms with Crippen molar-refractivity contribution in [3.05, 3.63) is 45.1 Å². The number of hydrogen-bond acceptors (Lipinski definition) is 6. The number of nitrogens with zero attached hydrogens (tertiary/aromatic N) is 4. The molecule has 0 bridgehead atoms. The van der Waals surface area contributed by atoms with Crippen LogP contribution in [0.3, 0.4) is 0 Å². The van der Waals surface area contributed by atoms with Crippen molar-refractivity contribution in [3.63, 3.8) is 0 Å². The molecule has 0 aliphatic carbocycles. The highest BCUT2D eigenvalue weighted by atomic mass is 35.5. The van der Waals surface area contributed by atoms with Crippen LogP contribution < -0.4 is 5.32 Å². The van der Waals surface area contributed by atoms with Crippen molar-refractivity contribution in [1.29, 1.82) is 0 Å². The number of carbonyl (C=O) groups is 1. The number of esters is 1. The number of hydrogen-bond donors (Lipinski definition) is 1. The molecule has 7 nitrogen and oxygen atoms in total. The van der Waals surface area contributed by atoms with Crippen molar-refractivity contribution >= 4 is 35.1 Å². The fraction of sp³-hybridized carbons (Fsp3) is 0.286. The first-order chi connectivity index (χ1) is 11.0. The summed E-state index contributed by atoms with van der Waals surface area (Å²) in [5, 5.41) is 15.4. The van der Waals surface area contributed by atoms with Crippen molar-refractivity contribution < 1.29 is 9.53 Å². The molecule has 1 unspecified atom stereocenters. The fourth-order valence-corrected chi connectivity index (χ4v) is 2.78. The predicted molar refractivity (Wildman–Crippen MR) is 85.4 cm³/mol. The minimum Gasteiger partial charge on any atom is -0.463 e. The van der Waals surface area contributed by atoms with Crippen molar-refractivity contribution in [2.24, 2.45) is 0 Å². The van der Waals surface area contributed by atoms with Crippen molar-refractivity contribution in [2.75, 3.05) is 11.9 Å². The second kappa shape index (κ2) is 6.17. The molecular weight excluding hydrogens is 341 g/mol. The largest absolute Gasteiger partial charge is 0.463 e. The van der Waals surface area contributed by atoms with Gasteiger partial charge >= 0.3 is 5.97 Å². The third-order valence-corrected chi connectivity index (χ3v) is 4.21. The molecule has 3 rings (SSSR count). The minimum absolute atomic E-state index is 0.270. The van der Waals surface area contributed by atoms with Gasteiger partial charge in [-0.3, -0.25) is 0 Å². The van der Waals surface area contributed by atoms with E-state index in [9.17, 15) is 4.79 Å². The molecule has 2 aromatic rings. The summed E-state index contributed by atoms with van der Waals surface area (Å²) in [6.45, 7) is 3.79. The molecule has 0 amide bonds. The maximum absolute atomic E-state index is 12.4. The van der Waals surface area contributed by atoms with Crippen molar-refractivity contribution in [1.82, 2.24) is 20.2 Å². The molecule has 1 atom stereocenters. The van der Waals surface area contributed by atoms with Crippen LogP contribution in [0.4, 0.5) is 5.95 Å². The molecule has 1 aliphatic rings. The lowest BCUT2D eigenvalue weighted by molar-refractivity contribution is -0.139. The number of carbonyl (C=O) groups excluding carboxylic acids is 1. The number of halogens is 2. The Kier molecular flexibility index (Phi) is 4.23. The smallest absolute Gasteiger partial charge is 0.338 e. The summed E-state index contributed by atoms with van der Waals surface area (Å²) < 4.78 is 6.68. The van der Waals surface area contributed by atoms with E-state index in [1.165, 1.54) is 4.68 Å². The Hall–Kier alpha value is -2.12. The number of rotatable bonds is 3. The Morgan fingerprint density at radius 2 is 2.17 bits per heavy atom. The van der Waals surface area contributed by atoms with Gasteiger partial charge in [-0.1, -0.05) is 34.4 Å². The second-order valence-electron chi connectivity index (χ2n) is 4.91. The summed E-state index contributed by atoms with van der Waals surface area (Å²) in [6, 6.07) is 4.60. The number of anilines is 1. The Morgan fingerprint density at radius 3 is 2.87 bits per heavy atom. The first-order valence-corrected chi connectivity index (χ1v) is 7.66. The van der Waals surface area contributed by atoms with Crippen molar-refractivity contribution in [2.45, 2.75) is 19.9 Å². The average Bonchev–Trinajstić information content (AvgIpc) is 2.96. The van der Waals surface area contributed by atoms with Gasteiger partial charge in [-0.2, -0.15) is 4.68 Å². The van der Waals surface area contributed by atoms with Gasteiger partial charge < -0.3 is 10.1 Å². The van der Waals surface area contributed by atoms with Gasteiger partial charge in [0.2, 0.25) is 5.95 Å². The number of fused-ring (bicyclic) bond motifs is 1. The molecule has 0 radical (unpaired) electrons. The lowest BCUT2D eigenvalue weighted by atomic mass is 9.96. The highest BCUT2D eigenvalue weighted by Crippen LogP contribution is 2.36. The fourth-order valence-electron chi connectivity index (χ4n) is 2.48. The van der Waals surface area contributed by atoms with E-state index in [1.54, 1.807) is 32.0 Å². The molecule has 23 heavy (non-hydrogen) atoms. The van der Waals surface area contributed by atoms with E-state index in [-0.39, 0.29) is 6.61 Å². The Morgan fingerprint density at radius 1 is 1.39 bits per heavy atom. The highest BCUT2D eigenvalue weighted by Gasteiger charge is 2.35. The molecule has 1 aromatic carbocycles. The number of allylic oxidation sites excluding steroid dienone is 1. The van der Waals surface area contributed by atoms with E-state index >= 15 is 0 Å².